The maximum atomic E-state index is 2.46. The maximum Gasteiger partial charge on any atom is 0.0784 e. The molecule has 1 heterocycles. The third kappa shape index (κ3) is 5.21. The van der Waals surface area contributed by atoms with Gasteiger partial charge in [-0.1, -0.05) is 146 Å². The van der Waals surface area contributed by atoms with Crippen LogP contribution in [0.25, 0.3) is 49.0 Å². The van der Waals surface area contributed by atoms with Gasteiger partial charge in [-0.15, -0.1) is 0 Å². The van der Waals surface area contributed by atoms with Gasteiger partial charge in [0.15, 0.2) is 0 Å². The van der Waals surface area contributed by atoms with E-state index in [1.54, 1.807) is 0 Å². The second kappa shape index (κ2) is 12.9. The summed E-state index contributed by atoms with van der Waals surface area (Å²) in [6, 6.07) is 76.5. The second-order valence-corrected chi connectivity index (χ2v) is 13.4. The highest BCUT2D eigenvalue weighted by Crippen LogP contribution is 2.49. The molecule has 250 valence electrons. The van der Waals surface area contributed by atoms with E-state index in [0.29, 0.717) is 0 Å². The fourth-order valence-corrected chi connectivity index (χ4v) is 8.00. The number of aromatic nitrogens is 1. The topological polar surface area (TPSA) is 11.4 Å². The van der Waals surface area contributed by atoms with Crippen molar-refractivity contribution in [2.24, 2.45) is 0 Å². The van der Waals surface area contributed by atoms with E-state index in [4.69, 9.17) is 0 Å². The Hall–Kier alpha value is -7.10. The molecule has 0 aliphatic carbocycles. The van der Waals surface area contributed by atoms with Gasteiger partial charge in [-0.2, -0.15) is 0 Å². The first-order chi connectivity index (χ1) is 26.3. The number of hydrogen-bond acceptors (Lipinski definition) is 2. The first-order valence-electron chi connectivity index (χ1n) is 18.1. The number of benzene rings is 9. The van der Waals surface area contributed by atoms with E-state index in [-0.39, 0.29) is 0 Å². The van der Waals surface area contributed by atoms with Crippen molar-refractivity contribution in [1.82, 2.24) is 4.57 Å². The van der Waals surface area contributed by atoms with Crippen LogP contribution in [-0.4, -0.2) is 4.57 Å². The van der Waals surface area contributed by atoms with Crippen LogP contribution < -0.4 is 9.80 Å². The molecule has 3 heteroatoms. The molecule has 3 nitrogen and oxygen atoms in total. The lowest BCUT2D eigenvalue weighted by Gasteiger charge is -2.31. The van der Waals surface area contributed by atoms with Crippen molar-refractivity contribution in [2.75, 3.05) is 9.80 Å². The molecule has 10 rings (SSSR count). The monoisotopic (exact) mass is 677 g/mol. The minimum absolute atomic E-state index is 1.08. The van der Waals surface area contributed by atoms with Crippen molar-refractivity contribution in [3.8, 4) is 5.69 Å². The largest absolute Gasteiger partial charge is 0.310 e. The van der Waals surface area contributed by atoms with E-state index >= 15 is 0 Å². The lowest BCUT2D eigenvalue weighted by molar-refractivity contribution is 1.17. The predicted molar refractivity (Wildman–Crippen MR) is 225 cm³/mol. The summed E-state index contributed by atoms with van der Waals surface area (Å²) in [7, 11) is 0. The van der Waals surface area contributed by atoms with Gasteiger partial charge in [0.05, 0.1) is 28.1 Å². The predicted octanol–water partition coefficient (Wildman–Crippen LogP) is 14.0. The van der Waals surface area contributed by atoms with Gasteiger partial charge >= 0.3 is 0 Å². The molecule has 1 aromatic heterocycles. The van der Waals surface area contributed by atoms with E-state index < -0.39 is 0 Å². The molecule has 0 radical (unpaired) electrons. The van der Waals surface area contributed by atoms with Crippen LogP contribution in [0.5, 0.6) is 0 Å². The SMILES string of the molecule is c1ccc(N(c2cc(N(c3ccccc3)c3cccc4ccccc34)c3c(c2)c2ccccc2n3-c2ccccc2)c2cccc3ccccc23)cc1. The molecule has 9 aromatic carbocycles. The quantitative estimate of drug-likeness (QED) is 0.166. The standard InChI is InChI=1S/C50H35N3/c1-4-22-38(23-5-1)51(46-32-16-20-36-18-10-12-28-42(36)46)41-34-45-44-30-14-15-31-48(44)53(40-26-8-3-9-27-40)50(45)49(35-41)52(39-24-6-2-7-25-39)47-33-17-21-37-19-11-13-29-43(37)47/h1-35H. The summed E-state index contributed by atoms with van der Waals surface area (Å²) in [4.78, 5) is 4.88. The van der Waals surface area contributed by atoms with Crippen molar-refractivity contribution in [3.05, 3.63) is 212 Å². The highest BCUT2D eigenvalue weighted by Gasteiger charge is 2.26. The maximum absolute atomic E-state index is 2.46. The Balaban J connectivity index is 1.39. The van der Waals surface area contributed by atoms with Crippen LogP contribution >= 0.6 is 0 Å². The summed E-state index contributed by atoms with van der Waals surface area (Å²) in [6.07, 6.45) is 0. The van der Waals surface area contributed by atoms with Crippen molar-refractivity contribution >= 4 is 77.5 Å². The number of fused-ring (bicyclic) bond motifs is 5. The minimum Gasteiger partial charge on any atom is -0.310 e. The summed E-state index contributed by atoms with van der Waals surface area (Å²) in [5.41, 5.74) is 10.0. The van der Waals surface area contributed by atoms with E-state index in [1.807, 2.05) is 0 Å². The molecule has 0 aliphatic rings. The average molecular weight is 678 g/mol. The molecular formula is C50H35N3. The minimum atomic E-state index is 1.08. The highest BCUT2D eigenvalue weighted by molar-refractivity contribution is 6.17. The zero-order chi connectivity index (χ0) is 35.1. The number of anilines is 6. The number of nitrogens with zero attached hydrogens (tertiary/aromatic N) is 3. The van der Waals surface area contributed by atoms with Gasteiger partial charge < -0.3 is 14.4 Å². The molecule has 0 aliphatic heterocycles. The summed E-state index contributed by atoms with van der Waals surface area (Å²) < 4.78 is 2.44. The van der Waals surface area contributed by atoms with Gasteiger partial charge in [-0.25, -0.2) is 0 Å². The van der Waals surface area contributed by atoms with Crippen molar-refractivity contribution < 1.29 is 0 Å². The summed E-state index contributed by atoms with van der Waals surface area (Å²) >= 11 is 0. The molecule has 0 amide bonds. The molecule has 10 aromatic rings. The molecule has 0 saturated carbocycles. The Morgan fingerprint density at radius 3 is 1.40 bits per heavy atom. The van der Waals surface area contributed by atoms with Crippen LogP contribution in [0.1, 0.15) is 0 Å². The number of para-hydroxylation sites is 4. The van der Waals surface area contributed by atoms with E-state index in [0.717, 1.165) is 50.8 Å². The Labute approximate surface area is 308 Å². The molecule has 0 N–H and O–H groups in total. The van der Waals surface area contributed by atoms with Gasteiger partial charge in [-0.05, 0) is 77.5 Å². The zero-order valence-electron chi connectivity index (χ0n) is 29.0. The van der Waals surface area contributed by atoms with Gasteiger partial charge in [-0.3, -0.25) is 0 Å². The van der Waals surface area contributed by atoms with Gasteiger partial charge in [0.25, 0.3) is 0 Å². The molecular weight excluding hydrogens is 643 g/mol. The van der Waals surface area contributed by atoms with Gasteiger partial charge in [0.1, 0.15) is 0 Å². The number of rotatable bonds is 7. The normalized spacial score (nSPS) is 11.4. The molecule has 0 saturated heterocycles. The lowest BCUT2D eigenvalue weighted by Crippen LogP contribution is -2.15. The van der Waals surface area contributed by atoms with Crippen LogP contribution in [0.15, 0.2) is 212 Å². The van der Waals surface area contributed by atoms with E-state index in [1.165, 1.54) is 32.3 Å². The van der Waals surface area contributed by atoms with Crippen LogP contribution in [0.2, 0.25) is 0 Å². The van der Waals surface area contributed by atoms with E-state index in [2.05, 4.69) is 227 Å². The molecule has 53 heavy (non-hydrogen) atoms. The third-order valence-corrected chi connectivity index (χ3v) is 10.3. The Morgan fingerprint density at radius 1 is 0.302 bits per heavy atom. The van der Waals surface area contributed by atoms with Crippen molar-refractivity contribution in [1.29, 1.82) is 0 Å². The van der Waals surface area contributed by atoms with Crippen LogP contribution in [0.3, 0.4) is 0 Å². The molecule has 0 bridgehead atoms. The Kier molecular flexibility index (Phi) is 7.47. The fourth-order valence-electron chi connectivity index (χ4n) is 8.00. The van der Waals surface area contributed by atoms with Crippen LogP contribution in [-0.2, 0) is 0 Å². The highest BCUT2D eigenvalue weighted by atomic mass is 15.2. The summed E-state index contributed by atoms with van der Waals surface area (Å²) in [5.74, 6) is 0. The third-order valence-electron chi connectivity index (χ3n) is 10.3. The van der Waals surface area contributed by atoms with Crippen molar-refractivity contribution in [2.45, 2.75) is 0 Å². The molecule has 0 unspecified atom stereocenters. The Bertz CT molecular complexity index is 2880. The first kappa shape index (κ1) is 30.7. The molecule has 0 spiro atoms. The van der Waals surface area contributed by atoms with Gasteiger partial charge in [0.2, 0.25) is 0 Å². The summed E-state index contributed by atoms with van der Waals surface area (Å²) in [5, 5.41) is 7.17. The lowest BCUT2D eigenvalue weighted by atomic mass is 10.0. The Morgan fingerprint density at radius 2 is 0.774 bits per heavy atom. The zero-order valence-corrected chi connectivity index (χ0v) is 29.0. The van der Waals surface area contributed by atoms with E-state index in [9.17, 15) is 0 Å². The fraction of sp³-hybridized carbons (Fsp3) is 0. The summed E-state index contributed by atoms with van der Waals surface area (Å²) in [6.45, 7) is 0. The van der Waals surface area contributed by atoms with Crippen LogP contribution in [0, 0.1) is 0 Å². The van der Waals surface area contributed by atoms with Gasteiger partial charge in [0, 0.05) is 44.3 Å². The number of hydrogen-bond donors (Lipinski definition) is 0. The smallest absolute Gasteiger partial charge is 0.0784 e. The average Bonchev–Trinajstić information content (AvgIpc) is 3.57. The molecule has 0 atom stereocenters. The second-order valence-electron chi connectivity index (χ2n) is 13.4. The van der Waals surface area contributed by atoms with Crippen LogP contribution in [0.4, 0.5) is 34.1 Å². The van der Waals surface area contributed by atoms with Crippen molar-refractivity contribution in [3.63, 3.8) is 0 Å². The molecule has 0 fully saturated rings. The first-order valence-corrected chi connectivity index (χ1v) is 18.1.